The summed E-state index contributed by atoms with van der Waals surface area (Å²) in [5, 5.41) is 9.46. The molecule has 0 spiro atoms. The first-order valence-corrected chi connectivity index (χ1v) is 9.94. The number of piperidine rings is 1. The molecule has 0 bridgehead atoms. The van der Waals surface area contributed by atoms with E-state index in [1.165, 1.54) is 41.2 Å². The molecule has 2 aliphatic heterocycles. The Morgan fingerprint density at radius 2 is 1.96 bits per heavy atom. The van der Waals surface area contributed by atoms with Crippen molar-refractivity contribution in [1.82, 2.24) is 10.6 Å². The van der Waals surface area contributed by atoms with E-state index in [-0.39, 0.29) is 11.3 Å². The second-order valence-corrected chi connectivity index (χ2v) is 8.03. The van der Waals surface area contributed by atoms with Crippen LogP contribution in [0.1, 0.15) is 48.6 Å². The van der Waals surface area contributed by atoms with Gasteiger partial charge in [-0.3, -0.25) is 4.79 Å². The van der Waals surface area contributed by atoms with Crippen molar-refractivity contribution in [2.24, 2.45) is 0 Å². The van der Waals surface area contributed by atoms with E-state index < -0.39 is 0 Å². The van der Waals surface area contributed by atoms with Crippen molar-refractivity contribution in [3.05, 3.63) is 47.5 Å². The summed E-state index contributed by atoms with van der Waals surface area (Å²) in [6.07, 6.45) is 3.82. The number of fused-ring (bicyclic) bond motifs is 1. The summed E-state index contributed by atoms with van der Waals surface area (Å²) in [5.41, 5.74) is 2.66. The van der Waals surface area contributed by atoms with Crippen LogP contribution in [0, 0.1) is 0 Å². The van der Waals surface area contributed by atoms with Crippen LogP contribution in [0.2, 0.25) is 0 Å². The minimum Gasteiger partial charge on any atom is -0.339 e. The predicted molar refractivity (Wildman–Crippen MR) is 101 cm³/mol. The lowest BCUT2D eigenvalue weighted by Crippen LogP contribution is -2.38. The maximum Gasteiger partial charge on any atom is 0.231 e. The molecule has 3 atom stereocenters. The number of nitrogens with one attached hydrogen (secondary N) is 2. The van der Waals surface area contributed by atoms with E-state index in [1.54, 1.807) is 11.8 Å². The van der Waals surface area contributed by atoms with Crippen molar-refractivity contribution in [2.75, 3.05) is 12.3 Å². The van der Waals surface area contributed by atoms with Gasteiger partial charge in [-0.25, -0.2) is 0 Å². The molecule has 2 N–H and O–H groups in total. The molecule has 2 fully saturated rings. The highest BCUT2D eigenvalue weighted by atomic mass is 32.2. The molecule has 126 valence electrons. The van der Waals surface area contributed by atoms with Gasteiger partial charge in [0.1, 0.15) is 5.37 Å². The lowest BCUT2D eigenvalue weighted by molar-refractivity contribution is -0.118. The minimum absolute atomic E-state index is 0.0862. The third-order valence-corrected chi connectivity index (χ3v) is 6.48. The number of thioether (sulfide) groups is 1. The van der Waals surface area contributed by atoms with Crippen LogP contribution < -0.4 is 10.6 Å². The van der Waals surface area contributed by atoms with Crippen molar-refractivity contribution >= 4 is 28.4 Å². The summed E-state index contributed by atoms with van der Waals surface area (Å²) >= 11 is 1.71. The van der Waals surface area contributed by atoms with Crippen molar-refractivity contribution in [1.29, 1.82) is 0 Å². The Kier molecular flexibility index (Phi) is 4.51. The largest absolute Gasteiger partial charge is 0.339 e. The molecular weight excluding hydrogens is 316 g/mol. The van der Waals surface area contributed by atoms with E-state index in [4.69, 9.17) is 0 Å². The van der Waals surface area contributed by atoms with E-state index >= 15 is 0 Å². The summed E-state index contributed by atoms with van der Waals surface area (Å²) in [5.74, 6) is 1.16. The zero-order valence-corrected chi connectivity index (χ0v) is 14.9. The van der Waals surface area contributed by atoms with Crippen LogP contribution in [0.5, 0.6) is 0 Å². The van der Waals surface area contributed by atoms with Crippen LogP contribution in [0.25, 0.3) is 10.8 Å². The molecule has 3 unspecified atom stereocenters. The fourth-order valence-electron chi connectivity index (χ4n) is 3.98. The molecule has 2 saturated heterocycles. The summed E-state index contributed by atoms with van der Waals surface area (Å²) in [6.45, 7) is 3.45. The third-order valence-electron chi connectivity index (χ3n) is 5.35. The van der Waals surface area contributed by atoms with Crippen molar-refractivity contribution in [3.63, 3.8) is 0 Å². The Morgan fingerprint density at radius 3 is 2.62 bits per heavy atom. The molecule has 0 saturated carbocycles. The average molecular weight is 340 g/mol. The number of rotatable bonds is 3. The summed E-state index contributed by atoms with van der Waals surface area (Å²) in [4.78, 5) is 11.7. The van der Waals surface area contributed by atoms with E-state index in [1.807, 2.05) is 0 Å². The number of carbonyl (C=O) groups excluding carboxylic acids is 1. The summed E-state index contributed by atoms with van der Waals surface area (Å²) in [7, 11) is 0. The molecule has 0 aliphatic carbocycles. The van der Waals surface area contributed by atoms with E-state index in [0.29, 0.717) is 17.7 Å². The normalized spacial score (nSPS) is 25.6. The Hall–Kier alpha value is -1.52. The van der Waals surface area contributed by atoms with E-state index in [9.17, 15) is 4.79 Å². The number of benzene rings is 2. The molecule has 3 nitrogen and oxygen atoms in total. The average Bonchev–Trinajstić information content (AvgIpc) is 3.07. The molecular formula is C20H24N2OS. The Morgan fingerprint density at radius 1 is 1.17 bits per heavy atom. The van der Waals surface area contributed by atoms with Crippen LogP contribution in [-0.2, 0) is 4.79 Å². The molecule has 0 radical (unpaired) electrons. The van der Waals surface area contributed by atoms with Gasteiger partial charge in [0.25, 0.3) is 0 Å². The van der Waals surface area contributed by atoms with Crippen LogP contribution in [0.3, 0.4) is 0 Å². The highest BCUT2D eigenvalue weighted by Gasteiger charge is 2.29. The molecule has 2 aromatic rings. The van der Waals surface area contributed by atoms with Gasteiger partial charge in [-0.05, 0) is 53.3 Å². The second kappa shape index (κ2) is 6.77. The fourth-order valence-corrected chi connectivity index (χ4v) is 4.98. The van der Waals surface area contributed by atoms with E-state index in [0.717, 1.165) is 6.54 Å². The maximum absolute atomic E-state index is 11.7. The third kappa shape index (κ3) is 3.05. The Bertz CT molecular complexity index is 754. The monoisotopic (exact) mass is 340 g/mol. The Balaban J connectivity index is 1.77. The van der Waals surface area contributed by atoms with Gasteiger partial charge in [-0.15, -0.1) is 11.8 Å². The first-order chi connectivity index (χ1) is 11.7. The first kappa shape index (κ1) is 16.0. The lowest BCUT2D eigenvalue weighted by Gasteiger charge is -2.31. The predicted octanol–water partition coefficient (Wildman–Crippen LogP) is 3.95. The Labute approximate surface area is 147 Å². The van der Waals surface area contributed by atoms with Gasteiger partial charge in [0.15, 0.2) is 0 Å². The zero-order valence-electron chi connectivity index (χ0n) is 14.0. The molecule has 2 aromatic carbocycles. The molecule has 1 amide bonds. The van der Waals surface area contributed by atoms with Crippen LogP contribution >= 0.6 is 11.8 Å². The summed E-state index contributed by atoms with van der Waals surface area (Å²) in [6, 6.07) is 13.7. The molecule has 4 rings (SSSR count). The molecule has 24 heavy (non-hydrogen) atoms. The van der Waals surface area contributed by atoms with Gasteiger partial charge >= 0.3 is 0 Å². The number of amides is 1. The summed E-state index contributed by atoms with van der Waals surface area (Å²) < 4.78 is 0. The topological polar surface area (TPSA) is 41.1 Å². The van der Waals surface area contributed by atoms with Gasteiger partial charge in [0.05, 0.1) is 5.75 Å². The quantitative estimate of drug-likeness (QED) is 0.889. The standard InChI is InChI=1S/C20H24N2OS/c1-13(18-8-4-5-9-21-18)16-10-14-6-2-3-7-15(14)11-17(16)20-22-19(23)12-24-20/h2-3,6-7,10-11,13,18,20-21H,4-5,8-9,12H2,1H3,(H,22,23). The molecule has 0 aromatic heterocycles. The highest BCUT2D eigenvalue weighted by molar-refractivity contribution is 8.00. The maximum atomic E-state index is 11.7. The smallest absolute Gasteiger partial charge is 0.231 e. The van der Waals surface area contributed by atoms with Crippen LogP contribution in [0.4, 0.5) is 0 Å². The molecule has 2 aliphatic rings. The number of carbonyl (C=O) groups is 1. The van der Waals surface area contributed by atoms with Gasteiger partial charge in [0, 0.05) is 6.04 Å². The molecule has 2 heterocycles. The second-order valence-electron chi connectivity index (χ2n) is 6.93. The van der Waals surface area contributed by atoms with E-state index in [2.05, 4.69) is 54.0 Å². The SMILES string of the molecule is CC(c1cc2ccccc2cc1C1NC(=O)CS1)C1CCCCN1. The van der Waals surface area contributed by atoms with Crippen molar-refractivity contribution in [2.45, 2.75) is 43.5 Å². The van der Waals surface area contributed by atoms with Gasteiger partial charge in [-0.2, -0.15) is 0 Å². The first-order valence-electron chi connectivity index (χ1n) is 8.89. The zero-order chi connectivity index (χ0) is 16.5. The number of hydrogen-bond acceptors (Lipinski definition) is 3. The van der Waals surface area contributed by atoms with Crippen molar-refractivity contribution < 1.29 is 4.79 Å². The van der Waals surface area contributed by atoms with Gasteiger partial charge in [-0.1, -0.05) is 43.7 Å². The van der Waals surface area contributed by atoms with Gasteiger partial charge in [0.2, 0.25) is 5.91 Å². The minimum atomic E-state index is 0.0862. The molecule has 4 heteroatoms. The fraction of sp³-hybridized carbons (Fsp3) is 0.450. The van der Waals surface area contributed by atoms with Crippen LogP contribution in [-0.4, -0.2) is 24.2 Å². The highest BCUT2D eigenvalue weighted by Crippen LogP contribution is 2.39. The van der Waals surface area contributed by atoms with Gasteiger partial charge < -0.3 is 10.6 Å². The van der Waals surface area contributed by atoms with Crippen LogP contribution in [0.15, 0.2) is 36.4 Å². The lowest BCUT2D eigenvalue weighted by atomic mass is 9.84. The van der Waals surface area contributed by atoms with Crippen molar-refractivity contribution in [3.8, 4) is 0 Å². The number of hydrogen-bond donors (Lipinski definition) is 2.